The lowest BCUT2D eigenvalue weighted by molar-refractivity contribution is 0.252. The topological polar surface area (TPSA) is 112 Å². The predicted octanol–water partition coefficient (Wildman–Crippen LogP) is -0.512. The van der Waals surface area contributed by atoms with Crippen molar-refractivity contribution in [3.63, 3.8) is 0 Å². The Morgan fingerprint density at radius 1 is 0.923 bits per heavy atom. The molecule has 0 aromatic heterocycles. The third-order valence-corrected chi connectivity index (χ3v) is 11.1. The fourth-order valence-electron chi connectivity index (χ4n) is 3.37. The molecule has 2 aliphatic rings. The van der Waals surface area contributed by atoms with Gasteiger partial charge < -0.3 is 0 Å². The standard InChI is InChI=1S/C14H29N3O6S3/c1-3-6-16(7-4-2)26(22,23)17-10-8-15(9-11-17)25(20,21)14-5-12-24(18,19)13-14/h14H,3-13H2,1-2H3. The van der Waals surface area contributed by atoms with Crippen molar-refractivity contribution in [2.24, 2.45) is 0 Å². The maximum absolute atomic E-state index is 12.8. The first-order valence-corrected chi connectivity index (χ1v) is 13.7. The molecule has 9 nitrogen and oxygen atoms in total. The van der Waals surface area contributed by atoms with E-state index in [1.807, 2.05) is 13.8 Å². The van der Waals surface area contributed by atoms with Crippen LogP contribution in [-0.4, -0.2) is 94.2 Å². The minimum absolute atomic E-state index is 0.0597. The SMILES string of the molecule is CCCN(CCC)S(=O)(=O)N1CCN(S(=O)(=O)C2CCS(=O)(=O)C2)CC1. The Morgan fingerprint density at radius 2 is 1.42 bits per heavy atom. The van der Waals surface area contributed by atoms with E-state index in [4.69, 9.17) is 0 Å². The maximum atomic E-state index is 12.8. The molecule has 0 bridgehead atoms. The van der Waals surface area contributed by atoms with Crippen molar-refractivity contribution < 1.29 is 25.3 Å². The van der Waals surface area contributed by atoms with Crippen molar-refractivity contribution in [2.45, 2.75) is 38.4 Å². The average Bonchev–Trinajstić information content (AvgIpc) is 2.95. The van der Waals surface area contributed by atoms with Gasteiger partial charge in [0.2, 0.25) is 10.0 Å². The van der Waals surface area contributed by atoms with Crippen LogP contribution in [0.5, 0.6) is 0 Å². The molecule has 0 saturated carbocycles. The van der Waals surface area contributed by atoms with E-state index in [0.29, 0.717) is 25.9 Å². The van der Waals surface area contributed by atoms with Gasteiger partial charge in [0.1, 0.15) is 0 Å². The summed E-state index contributed by atoms with van der Waals surface area (Å²) < 4.78 is 78.0. The van der Waals surface area contributed by atoms with Crippen LogP contribution < -0.4 is 0 Å². The molecule has 2 heterocycles. The van der Waals surface area contributed by atoms with Gasteiger partial charge in [-0.15, -0.1) is 0 Å². The van der Waals surface area contributed by atoms with Crippen molar-refractivity contribution >= 4 is 30.1 Å². The van der Waals surface area contributed by atoms with Crippen LogP contribution in [0.3, 0.4) is 0 Å². The highest BCUT2D eigenvalue weighted by Gasteiger charge is 2.42. The lowest BCUT2D eigenvalue weighted by Crippen LogP contribution is -2.55. The molecule has 0 aromatic carbocycles. The first-order valence-electron chi connectivity index (χ1n) is 8.99. The van der Waals surface area contributed by atoms with Gasteiger partial charge in [-0.2, -0.15) is 21.3 Å². The summed E-state index contributed by atoms with van der Waals surface area (Å²) in [6.45, 7) is 5.00. The van der Waals surface area contributed by atoms with Crippen LogP contribution in [0.2, 0.25) is 0 Å². The fourth-order valence-corrected chi connectivity index (χ4v) is 9.66. The van der Waals surface area contributed by atoms with Gasteiger partial charge in [0, 0.05) is 39.3 Å². The van der Waals surface area contributed by atoms with Gasteiger partial charge in [0.25, 0.3) is 10.2 Å². The van der Waals surface area contributed by atoms with Crippen LogP contribution in [0.25, 0.3) is 0 Å². The predicted molar refractivity (Wildman–Crippen MR) is 100 cm³/mol. The van der Waals surface area contributed by atoms with Gasteiger partial charge in [-0.25, -0.2) is 16.8 Å². The Hall–Kier alpha value is -0.270. The molecule has 1 unspecified atom stereocenters. The third kappa shape index (κ3) is 4.76. The maximum Gasteiger partial charge on any atom is 0.282 e. The van der Waals surface area contributed by atoms with Crippen LogP contribution in [-0.2, 0) is 30.1 Å². The second kappa shape index (κ2) is 8.39. The van der Waals surface area contributed by atoms with Gasteiger partial charge >= 0.3 is 0 Å². The summed E-state index contributed by atoms with van der Waals surface area (Å²) in [5, 5.41) is -0.910. The number of piperazine rings is 1. The molecule has 2 fully saturated rings. The largest absolute Gasteiger partial charge is 0.282 e. The summed E-state index contributed by atoms with van der Waals surface area (Å²) in [6, 6.07) is 0. The minimum Gasteiger partial charge on any atom is -0.229 e. The molecule has 0 aliphatic carbocycles. The lowest BCUT2D eigenvalue weighted by atomic mass is 10.4. The van der Waals surface area contributed by atoms with Crippen LogP contribution in [0.4, 0.5) is 0 Å². The molecule has 2 saturated heterocycles. The zero-order valence-corrected chi connectivity index (χ0v) is 17.8. The van der Waals surface area contributed by atoms with E-state index in [9.17, 15) is 25.3 Å². The summed E-state index contributed by atoms with van der Waals surface area (Å²) in [5.74, 6) is -0.442. The number of sulfone groups is 1. The monoisotopic (exact) mass is 431 g/mol. The van der Waals surface area contributed by atoms with Crippen molar-refractivity contribution in [3.8, 4) is 0 Å². The van der Waals surface area contributed by atoms with E-state index in [2.05, 4.69) is 0 Å². The second-order valence-electron chi connectivity index (χ2n) is 6.77. The van der Waals surface area contributed by atoms with Gasteiger partial charge in [-0.1, -0.05) is 13.8 Å². The number of nitrogens with zero attached hydrogens (tertiary/aromatic N) is 3. The number of hydrogen-bond donors (Lipinski definition) is 0. The Labute approximate surface area is 157 Å². The number of rotatable bonds is 8. The van der Waals surface area contributed by atoms with Crippen LogP contribution in [0.15, 0.2) is 0 Å². The van der Waals surface area contributed by atoms with Crippen molar-refractivity contribution in [1.29, 1.82) is 0 Å². The Morgan fingerprint density at radius 3 is 1.85 bits per heavy atom. The summed E-state index contributed by atoms with van der Waals surface area (Å²) in [7, 11) is -10.6. The quantitative estimate of drug-likeness (QED) is 0.511. The molecule has 0 aromatic rings. The summed E-state index contributed by atoms with van der Waals surface area (Å²) >= 11 is 0. The molecule has 0 radical (unpaired) electrons. The highest BCUT2D eigenvalue weighted by Crippen LogP contribution is 2.24. The van der Waals surface area contributed by atoms with E-state index in [0.717, 1.165) is 0 Å². The summed E-state index contributed by atoms with van der Waals surface area (Å²) in [6.07, 6.45) is 1.54. The van der Waals surface area contributed by atoms with Gasteiger partial charge in [0.05, 0.1) is 16.8 Å². The average molecular weight is 432 g/mol. The first-order chi connectivity index (χ1) is 12.0. The molecule has 0 spiro atoms. The Kier molecular flexibility index (Phi) is 7.11. The molecular weight excluding hydrogens is 402 g/mol. The molecule has 2 rings (SSSR count). The fraction of sp³-hybridized carbons (Fsp3) is 1.00. The molecule has 26 heavy (non-hydrogen) atoms. The zero-order valence-electron chi connectivity index (χ0n) is 15.4. The molecule has 1 atom stereocenters. The van der Waals surface area contributed by atoms with E-state index in [-0.39, 0.29) is 44.1 Å². The zero-order chi connectivity index (χ0) is 19.6. The smallest absolute Gasteiger partial charge is 0.229 e. The van der Waals surface area contributed by atoms with E-state index in [1.165, 1.54) is 12.9 Å². The number of sulfonamides is 1. The highest BCUT2D eigenvalue weighted by molar-refractivity contribution is 7.95. The first kappa shape index (κ1) is 22.0. The molecule has 0 N–H and O–H groups in total. The van der Waals surface area contributed by atoms with Gasteiger partial charge in [-0.3, -0.25) is 0 Å². The van der Waals surface area contributed by atoms with Crippen LogP contribution >= 0.6 is 0 Å². The highest BCUT2D eigenvalue weighted by atomic mass is 32.2. The summed E-state index contributed by atoms with van der Waals surface area (Å²) in [5.41, 5.74) is 0. The molecular formula is C14H29N3O6S3. The van der Waals surface area contributed by atoms with Crippen LogP contribution in [0, 0.1) is 0 Å². The Balaban J connectivity index is 2.04. The van der Waals surface area contributed by atoms with E-state index < -0.39 is 35.3 Å². The minimum atomic E-state index is -3.72. The van der Waals surface area contributed by atoms with E-state index >= 15 is 0 Å². The molecule has 0 amide bonds. The van der Waals surface area contributed by atoms with Crippen LogP contribution in [0.1, 0.15) is 33.1 Å². The van der Waals surface area contributed by atoms with Crippen molar-refractivity contribution in [1.82, 2.24) is 12.9 Å². The molecule has 154 valence electrons. The molecule has 12 heteroatoms. The number of hydrogen-bond acceptors (Lipinski definition) is 6. The van der Waals surface area contributed by atoms with Gasteiger partial charge in [-0.05, 0) is 19.3 Å². The third-order valence-electron chi connectivity index (χ3n) is 4.77. The summed E-state index contributed by atoms with van der Waals surface area (Å²) in [4.78, 5) is 0. The Bertz CT molecular complexity index is 780. The van der Waals surface area contributed by atoms with E-state index in [1.54, 1.807) is 0 Å². The molecule has 2 aliphatic heterocycles. The van der Waals surface area contributed by atoms with Gasteiger partial charge in [0.15, 0.2) is 9.84 Å². The lowest BCUT2D eigenvalue weighted by Gasteiger charge is -2.36. The normalized spacial score (nSPS) is 25.7. The van der Waals surface area contributed by atoms with Crippen molar-refractivity contribution in [3.05, 3.63) is 0 Å². The second-order valence-corrected chi connectivity index (χ2v) is 13.1. The van der Waals surface area contributed by atoms with Crippen molar-refractivity contribution in [2.75, 3.05) is 50.8 Å².